The number of nitrogens with zero attached hydrogens (tertiary/aromatic N) is 2. The van der Waals surface area contributed by atoms with Crippen molar-refractivity contribution in [3.63, 3.8) is 0 Å². The summed E-state index contributed by atoms with van der Waals surface area (Å²) in [5.41, 5.74) is 4.18. The summed E-state index contributed by atoms with van der Waals surface area (Å²) in [4.78, 5) is 20.6. The molecule has 0 aliphatic heterocycles. The summed E-state index contributed by atoms with van der Waals surface area (Å²) >= 11 is 7.92. The molecule has 0 unspecified atom stereocenters. The Balaban J connectivity index is 1.69. The van der Waals surface area contributed by atoms with Crippen LogP contribution < -0.4 is 5.32 Å². The highest BCUT2D eigenvalue weighted by Crippen LogP contribution is 2.33. The molecular weight excluding hydrogens is 481 g/mol. The molecule has 0 radical (unpaired) electrons. The van der Waals surface area contributed by atoms with E-state index in [1.54, 1.807) is 36.5 Å². The second kappa shape index (κ2) is 11.0. The van der Waals surface area contributed by atoms with Gasteiger partial charge in [-0.2, -0.15) is 0 Å². The molecule has 4 aromatic rings. The molecule has 1 amide bonds. The van der Waals surface area contributed by atoms with Crippen molar-refractivity contribution < 1.29 is 9.18 Å². The molecule has 3 aromatic carbocycles. The number of rotatable bonds is 7. The van der Waals surface area contributed by atoms with Gasteiger partial charge in [-0.05, 0) is 86.1 Å². The predicted octanol–water partition coefficient (Wildman–Crippen LogP) is 7.24. The molecule has 0 bridgehead atoms. The maximum Gasteiger partial charge on any atom is 0.256 e. The zero-order chi connectivity index (χ0) is 24.9. The quantitative estimate of drug-likeness (QED) is 0.269. The Bertz CT molecular complexity index is 1360. The van der Waals surface area contributed by atoms with Gasteiger partial charge in [0.2, 0.25) is 0 Å². The van der Waals surface area contributed by atoms with Crippen LogP contribution in [0.1, 0.15) is 15.9 Å². The Labute approximate surface area is 214 Å². The van der Waals surface area contributed by atoms with Gasteiger partial charge in [-0.25, -0.2) is 4.39 Å². The van der Waals surface area contributed by atoms with Crippen LogP contribution in [0.15, 0.2) is 83.9 Å². The maximum atomic E-state index is 15.2. The zero-order valence-corrected chi connectivity index (χ0v) is 21.3. The van der Waals surface area contributed by atoms with Gasteiger partial charge in [-0.3, -0.25) is 9.78 Å². The van der Waals surface area contributed by atoms with E-state index in [9.17, 15) is 4.79 Å². The highest BCUT2D eigenvalue weighted by atomic mass is 35.5. The molecular formula is C28H25ClFN3OS. The molecule has 0 atom stereocenters. The van der Waals surface area contributed by atoms with Crippen molar-refractivity contribution in [2.45, 2.75) is 11.4 Å². The molecule has 4 rings (SSSR count). The van der Waals surface area contributed by atoms with Crippen LogP contribution in [0.25, 0.3) is 22.4 Å². The summed E-state index contributed by atoms with van der Waals surface area (Å²) in [6, 6.07) is 21.4. The summed E-state index contributed by atoms with van der Waals surface area (Å²) in [6.45, 7) is 0.630. The normalized spacial score (nSPS) is 11.0. The summed E-state index contributed by atoms with van der Waals surface area (Å²) in [5, 5.41) is 3.47. The van der Waals surface area contributed by atoms with Crippen LogP contribution in [0.5, 0.6) is 0 Å². The van der Waals surface area contributed by atoms with Crippen molar-refractivity contribution in [3.8, 4) is 22.4 Å². The molecule has 4 nitrogen and oxygen atoms in total. The second-order valence-electron chi connectivity index (χ2n) is 8.33. The van der Waals surface area contributed by atoms with Gasteiger partial charge < -0.3 is 10.2 Å². The Morgan fingerprint density at radius 3 is 2.51 bits per heavy atom. The van der Waals surface area contributed by atoms with Crippen LogP contribution in [0, 0.1) is 5.82 Å². The number of hydrogen-bond donors (Lipinski definition) is 1. The number of thioether (sulfide) groups is 1. The number of amides is 1. The van der Waals surface area contributed by atoms with Crippen LogP contribution in [-0.2, 0) is 6.54 Å². The Morgan fingerprint density at radius 2 is 1.83 bits per heavy atom. The van der Waals surface area contributed by atoms with E-state index in [0.29, 0.717) is 45.2 Å². The third-order valence-electron chi connectivity index (χ3n) is 5.46. The molecule has 1 aromatic heterocycles. The van der Waals surface area contributed by atoms with Crippen molar-refractivity contribution in [1.82, 2.24) is 9.88 Å². The molecule has 35 heavy (non-hydrogen) atoms. The molecule has 178 valence electrons. The van der Waals surface area contributed by atoms with Crippen LogP contribution in [0.2, 0.25) is 5.02 Å². The number of anilines is 1. The number of carbonyl (C=O) groups excluding carboxylic acids is 1. The third-order valence-corrected chi connectivity index (χ3v) is 6.51. The minimum Gasteiger partial charge on any atom is -0.322 e. The first-order chi connectivity index (χ1) is 16.9. The lowest BCUT2D eigenvalue weighted by Crippen LogP contribution is -2.14. The number of benzene rings is 3. The van der Waals surface area contributed by atoms with E-state index in [-0.39, 0.29) is 11.7 Å². The zero-order valence-electron chi connectivity index (χ0n) is 19.7. The number of hydrogen-bond acceptors (Lipinski definition) is 4. The van der Waals surface area contributed by atoms with Crippen LogP contribution in [0.3, 0.4) is 0 Å². The average Bonchev–Trinajstić information content (AvgIpc) is 2.85. The largest absolute Gasteiger partial charge is 0.322 e. The molecule has 0 saturated carbocycles. The van der Waals surface area contributed by atoms with Gasteiger partial charge in [0.25, 0.3) is 5.91 Å². The van der Waals surface area contributed by atoms with Crippen LogP contribution in [0.4, 0.5) is 10.1 Å². The van der Waals surface area contributed by atoms with Gasteiger partial charge in [-0.15, -0.1) is 11.8 Å². The first-order valence-electron chi connectivity index (χ1n) is 11.0. The molecule has 0 saturated heterocycles. The van der Waals surface area contributed by atoms with Gasteiger partial charge in [0.1, 0.15) is 5.82 Å². The van der Waals surface area contributed by atoms with Crippen LogP contribution >= 0.6 is 23.4 Å². The lowest BCUT2D eigenvalue weighted by molar-refractivity contribution is 0.102. The van der Waals surface area contributed by atoms with Crippen LogP contribution in [-0.4, -0.2) is 36.1 Å². The highest BCUT2D eigenvalue weighted by molar-refractivity contribution is 7.98. The van der Waals surface area contributed by atoms with E-state index < -0.39 is 0 Å². The molecule has 0 aliphatic rings. The topological polar surface area (TPSA) is 45.2 Å². The fraction of sp³-hybridized carbons (Fsp3) is 0.143. The maximum absolute atomic E-state index is 15.2. The smallest absolute Gasteiger partial charge is 0.256 e. The van der Waals surface area contributed by atoms with Crippen molar-refractivity contribution in [2.24, 2.45) is 0 Å². The number of pyridine rings is 1. The van der Waals surface area contributed by atoms with E-state index in [1.165, 1.54) is 17.8 Å². The summed E-state index contributed by atoms with van der Waals surface area (Å²) in [7, 11) is 3.87. The fourth-order valence-electron chi connectivity index (χ4n) is 3.83. The minimum atomic E-state index is -0.361. The summed E-state index contributed by atoms with van der Waals surface area (Å²) in [6.07, 6.45) is 3.64. The van der Waals surface area contributed by atoms with Crippen molar-refractivity contribution >= 4 is 35.0 Å². The third kappa shape index (κ3) is 5.90. The number of carbonyl (C=O) groups is 1. The van der Waals surface area contributed by atoms with E-state index in [1.807, 2.05) is 61.6 Å². The first-order valence-corrected chi connectivity index (χ1v) is 12.6. The van der Waals surface area contributed by atoms with E-state index in [0.717, 1.165) is 10.5 Å². The molecule has 0 aliphatic carbocycles. The highest BCUT2D eigenvalue weighted by Gasteiger charge is 2.18. The lowest BCUT2D eigenvalue weighted by atomic mass is 9.97. The van der Waals surface area contributed by atoms with Gasteiger partial charge in [0.15, 0.2) is 0 Å². The van der Waals surface area contributed by atoms with Crippen molar-refractivity contribution in [3.05, 3.63) is 101 Å². The predicted molar refractivity (Wildman–Crippen MR) is 144 cm³/mol. The van der Waals surface area contributed by atoms with E-state index in [2.05, 4.69) is 10.3 Å². The Hall–Kier alpha value is -3.19. The van der Waals surface area contributed by atoms with Crippen molar-refractivity contribution in [2.75, 3.05) is 25.7 Å². The fourth-order valence-corrected chi connectivity index (χ4v) is 4.49. The number of nitrogens with one attached hydrogen (secondary N) is 1. The van der Waals surface area contributed by atoms with Crippen molar-refractivity contribution in [1.29, 1.82) is 0 Å². The van der Waals surface area contributed by atoms with Gasteiger partial charge in [-0.1, -0.05) is 29.8 Å². The average molecular weight is 506 g/mol. The first kappa shape index (κ1) is 24.9. The molecule has 7 heteroatoms. The van der Waals surface area contributed by atoms with Gasteiger partial charge in [0.05, 0.1) is 10.7 Å². The van der Waals surface area contributed by atoms with E-state index in [4.69, 9.17) is 11.6 Å². The molecule has 0 spiro atoms. The second-order valence-corrected chi connectivity index (χ2v) is 9.61. The minimum absolute atomic E-state index is 0.335. The van der Waals surface area contributed by atoms with E-state index >= 15 is 4.39 Å². The monoisotopic (exact) mass is 505 g/mol. The molecule has 0 fully saturated rings. The lowest BCUT2D eigenvalue weighted by Gasteiger charge is -2.15. The number of aromatic nitrogens is 1. The molecule has 1 N–H and O–H groups in total. The Morgan fingerprint density at radius 1 is 1.00 bits per heavy atom. The van der Waals surface area contributed by atoms with Gasteiger partial charge >= 0.3 is 0 Å². The SMILES string of the molecule is CSc1ccc(C(=O)Nc2ccc(Cl)c(-c3ccccn3)c2)c(-c2ccc(CN(C)C)cc2F)c1. The summed E-state index contributed by atoms with van der Waals surface area (Å²) < 4.78 is 15.2. The number of halogens is 2. The standard InChI is InChI=1S/C28H25ClFN3OS/c1-33(2)17-18-7-10-21(26(30)14-18)23-16-20(35-3)9-11-22(23)28(34)32-19-8-12-25(29)24(15-19)27-6-4-5-13-31-27/h4-16H,17H2,1-3H3,(H,32,34). The van der Waals surface area contributed by atoms with Gasteiger partial charge in [0, 0.05) is 40.0 Å². The summed E-state index contributed by atoms with van der Waals surface area (Å²) in [5.74, 6) is -0.695. The Kier molecular flexibility index (Phi) is 7.86. The molecule has 1 heterocycles.